The Morgan fingerprint density at radius 3 is 2.89 bits per heavy atom. The van der Waals surface area contributed by atoms with Gasteiger partial charge in [0.1, 0.15) is 11.2 Å². The number of thiol groups is 1. The molecule has 8 nitrogen and oxygen atoms in total. The van der Waals surface area contributed by atoms with Gasteiger partial charge in [0, 0.05) is 6.42 Å². The zero-order chi connectivity index (χ0) is 13.3. The van der Waals surface area contributed by atoms with Crippen molar-refractivity contribution >= 4 is 34.9 Å². The number of hydrogen-bond donors (Lipinski definition) is 2. The van der Waals surface area contributed by atoms with Crippen molar-refractivity contribution in [2.45, 2.75) is 11.7 Å². The molecule has 18 heavy (non-hydrogen) atoms. The number of anilines is 1. The molecule has 0 spiro atoms. The number of nitrogens with two attached hydrogens (primary N) is 1. The van der Waals surface area contributed by atoms with Gasteiger partial charge in [0.25, 0.3) is 0 Å². The highest BCUT2D eigenvalue weighted by molar-refractivity contribution is 7.80. The van der Waals surface area contributed by atoms with E-state index < -0.39 is 4.92 Å². The van der Waals surface area contributed by atoms with Crippen LogP contribution in [0.15, 0.2) is 6.20 Å². The molecule has 96 valence electrons. The van der Waals surface area contributed by atoms with Gasteiger partial charge in [0.2, 0.25) is 5.13 Å². The second-order valence-electron chi connectivity index (χ2n) is 3.55. The fourth-order valence-electron chi connectivity index (χ4n) is 1.44. The van der Waals surface area contributed by atoms with Crippen LogP contribution in [0.1, 0.15) is 16.1 Å². The molecule has 10 heteroatoms. The number of nitrogen functional groups attached to an aromatic ring is 1. The molecular weight excluding hydrogens is 276 g/mol. The molecule has 0 aliphatic rings. The highest BCUT2D eigenvalue weighted by atomic mass is 32.1. The largest absolute Gasteiger partial charge is 0.374 e. The Hall–Kier alpha value is -1.68. The minimum Gasteiger partial charge on any atom is -0.374 e. The van der Waals surface area contributed by atoms with Crippen LogP contribution < -0.4 is 5.73 Å². The van der Waals surface area contributed by atoms with Gasteiger partial charge in [-0.2, -0.15) is 12.6 Å². The SMILES string of the molecule is Cn1c([N+](=O)[O-])cnc1CC(S)c1nnc(N)s1. The molecule has 0 saturated carbocycles. The third kappa shape index (κ3) is 2.43. The normalized spacial score (nSPS) is 12.6. The van der Waals surface area contributed by atoms with Crippen LogP contribution in [0, 0.1) is 10.1 Å². The van der Waals surface area contributed by atoms with Crippen LogP contribution in [0.2, 0.25) is 0 Å². The standard InChI is InChI=1S/C8H10N6O2S2/c1-13-5(10-3-6(13)14(15)16)2-4(17)7-11-12-8(9)18-7/h3-4,17H,2H2,1H3,(H2,9,12). The van der Waals surface area contributed by atoms with Gasteiger partial charge in [-0.1, -0.05) is 11.3 Å². The minimum atomic E-state index is -0.479. The van der Waals surface area contributed by atoms with E-state index in [0.29, 0.717) is 22.4 Å². The number of aromatic nitrogens is 4. The van der Waals surface area contributed by atoms with Crippen molar-refractivity contribution in [3.05, 3.63) is 27.1 Å². The fraction of sp³-hybridized carbons (Fsp3) is 0.375. The van der Waals surface area contributed by atoms with E-state index in [2.05, 4.69) is 27.8 Å². The maximum atomic E-state index is 10.7. The lowest BCUT2D eigenvalue weighted by Crippen LogP contribution is -2.05. The molecule has 2 aromatic heterocycles. The summed E-state index contributed by atoms with van der Waals surface area (Å²) < 4.78 is 1.42. The predicted molar refractivity (Wildman–Crippen MR) is 69.6 cm³/mol. The molecule has 1 atom stereocenters. The van der Waals surface area contributed by atoms with E-state index in [1.807, 2.05) is 0 Å². The van der Waals surface area contributed by atoms with Crippen LogP contribution in [-0.2, 0) is 13.5 Å². The molecule has 2 aromatic rings. The summed E-state index contributed by atoms with van der Waals surface area (Å²) in [6, 6.07) is 0. The van der Waals surface area contributed by atoms with Crippen LogP contribution in [0.5, 0.6) is 0 Å². The maximum Gasteiger partial charge on any atom is 0.342 e. The van der Waals surface area contributed by atoms with Crippen LogP contribution in [0.4, 0.5) is 10.9 Å². The zero-order valence-corrected chi connectivity index (χ0v) is 11.1. The molecule has 0 bridgehead atoms. The second kappa shape index (κ2) is 4.90. The van der Waals surface area contributed by atoms with Gasteiger partial charge >= 0.3 is 5.82 Å². The average Bonchev–Trinajstić information content (AvgIpc) is 2.86. The van der Waals surface area contributed by atoms with Crippen molar-refractivity contribution in [2.75, 3.05) is 5.73 Å². The molecule has 2 rings (SSSR count). The molecule has 1 unspecified atom stereocenters. The van der Waals surface area contributed by atoms with E-state index in [0.717, 1.165) is 0 Å². The Balaban J connectivity index is 2.17. The van der Waals surface area contributed by atoms with Gasteiger partial charge in [-0.25, -0.2) is 9.55 Å². The van der Waals surface area contributed by atoms with E-state index in [4.69, 9.17) is 5.73 Å². The molecule has 0 amide bonds. The third-order valence-electron chi connectivity index (χ3n) is 2.36. The summed E-state index contributed by atoms with van der Waals surface area (Å²) in [4.78, 5) is 14.2. The molecule has 2 heterocycles. The number of hydrogen-bond acceptors (Lipinski definition) is 8. The Bertz CT molecular complexity index is 580. The first kappa shape index (κ1) is 12.8. The highest BCUT2D eigenvalue weighted by Gasteiger charge is 2.21. The first-order chi connectivity index (χ1) is 8.49. The first-order valence-electron chi connectivity index (χ1n) is 4.91. The Kier molecular flexibility index (Phi) is 3.48. The Morgan fingerprint density at radius 2 is 2.39 bits per heavy atom. The summed E-state index contributed by atoms with van der Waals surface area (Å²) in [5.41, 5.74) is 5.48. The number of nitrogens with zero attached hydrogens (tertiary/aromatic N) is 5. The lowest BCUT2D eigenvalue weighted by molar-refractivity contribution is -0.391. The molecule has 0 aromatic carbocycles. The van der Waals surface area contributed by atoms with Crippen molar-refractivity contribution in [1.29, 1.82) is 0 Å². The second-order valence-corrected chi connectivity index (χ2v) is 5.21. The molecule has 0 saturated heterocycles. The van der Waals surface area contributed by atoms with Crippen molar-refractivity contribution in [1.82, 2.24) is 19.7 Å². The smallest absolute Gasteiger partial charge is 0.342 e. The van der Waals surface area contributed by atoms with Gasteiger partial charge in [-0.3, -0.25) is 0 Å². The van der Waals surface area contributed by atoms with E-state index in [9.17, 15) is 10.1 Å². The van der Waals surface area contributed by atoms with Gasteiger partial charge in [-0.05, 0) is 4.92 Å². The molecule has 0 aliphatic carbocycles. The van der Waals surface area contributed by atoms with Crippen LogP contribution in [0.3, 0.4) is 0 Å². The Labute approximate surface area is 111 Å². The number of rotatable bonds is 4. The maximum absolute atomic E-state index is 10.7. The summed E-state index contributed by atoms with van der Waals surface area (Å²) >= 11 is 5.62. The molecule has 0 radical (unpaired) electrons. The lowest BCUT2D eigenvalue weighted by atomic mass is 10.3. The van der Waals surface area contributed by atoms with Crippen molar-refractivity contribution in [3.63, 3.8) is 0 Å². The average molecular weight is 286 g/mol. The van der Waals surface area contributed by atoms with Gasteiger partial charge < -0.3 is 15.8 Å². The summed E-state index contributed by atoms with van der Waals surface area (Å²) in [6.45, 7) is 0. The van der Waals surface area contributed by atoms with Gasteiger partial charge in [0.05, 0.1) is 12.3 Å². The molecule has 0 fully saturated rings. The summed E-state index contributed by atoms with van der Waals surface area (Å²) in [5.74, 6) is 0.512. The molecular formula is C8H10N6O2S2. The zero-order valence-electron chi connectivity index (χ0n) is 9.35. The van der Waals surface area contributed by atoms with Gasteiger partial charge in [0.15, 0.2) is 5.82 Å². The van der Waals surface area contributed by atoms with Crippen molar-refractivity contribution in [2.24, 2.45) is 7.05 Å². The van der Waals surface area contributed by atoms with Crippen molar-refractivity contribution in [3.8, 4) is 0 Å². The van der Waals surface area contributed by atoms with Crippen molar-refractivity contribution < 1.29 is 4.92 Å². The lowest BCUT2D eigenvalue weighted by Gasteiger charge is -2.04. The quantitative estimate of drug-likeness (QED) is 0.492. The highest BCUT2D eigenvalue weighted by Crippen LogP contribution is 2.28. The minimum absolute atomic E-state index is 0.0534. The van der Waals surface area contributed by atoms with Crippen LogP contribution in [0.25, 0.3) is 0 Å². The predicted octanol–water partition coefficient (Wildman–Crippen LogP) is 0.976. The number of nitro groups is 1. The fourth-order valence-corrected chi connectivity index (χ4v) is 2.41. The third-order valence-corrected chi connectivity index (χ3v) is 3.83. The van der Waals surface area contributed by atoms with Gasteiger partial charge in [-0.15, -0.1) is 10.2 Å². The van der Waals surface area contributed by atoms with Crippen LogP contribution in [-0.4, -0.2) is 24.7 Å². The monoisotopic (exact) mass is 286 g/mol. The van der Waals surface area contributed by atoms with Crippen LogP contribution >= 0.6 is 24.0 Å². The van der Waals surface area contributed by atoms with E-state index >= 15 is 0 Å². The molecule has 2 N–H and O–H groups in total. The Morgan fingerprint density at radius 1 is 1.67 bits per heavy atom. The first-order valence-corrected chi connectivity index (χ1v) is 6.24. The van der Waals surface area contributed by atoms with E-state index in [-0.39, 0.29) is 11.1 Å². The summed E-state index contributed by atoms with van der Waals surface area (Å²) in [7, 11) is 1.59. The number of imidazole rings is 1. The topological polar surface area (TPSA) is 113 Å². The summed E-state index contributed by atoms with van der Waals surface area (Å²) in [5, 5.41) is 19.1. The van der Waals surface area contributed by atoms with E-state index in [1.54, 1.807) is 7.05 Å². The molecule has 0 aliphatic heterocycles. The van der Waals surface area contributed by atoms with E-state index in [1.165, 1.54) is 22.1 Å². The summed E-state index contributed by atoms with van der Waals surface area (Å²) in [6.07, 6.45) is 1.65.